The van der Waals surface area contributed by atoms with E-state index in [2.05, 4.69) is 24.5 Å². The summed E-state index contributed by atoms with van der Waals surface area (Å²) in [5, 5.41) is 6.93. The highest BCUT2D eigenvalue weighted by Crippen LogP contribution is 2.32. The van der Waals surface area contributed by atoms with E-state index in [1.165, 1.54) is 5.56 Å². The Bertz CT molecular complexity index is 503. The highest BCUT2D eigenvalue weighted by Gasteiger charge is 2.17. The van der Waals surface area contributed by atoms with Crippen LogP contribution in [0, 0.1) is 5.92 Å². The molecular weight excluding hydrogens is 288 g/mol. The Morgan fingerprint density at radius 2 is 2.24 bits per heavy atom. The number of rotatable bonds is 7. The number of nitrogens with one attached hydrogen (secondary N) is 2. The topological polar surface area (TPSA) is 50.4 Å². The molecule has 1 heterocycles. The zero-order chi connectivity index (χ0) is 15.2. The number of halogens is 1. The summed E-state index contributed by atoms with van der Waals surface area (Å²) in [4.78, 5) is 11.6. The largest absolute Gasteiger partial charge is 0.493 e. The molecule has 0 saturated heterocycles. The molecular formula is C16H23ClN2O2. The Kier molecular flexibility index (Phi) is 5.88. The minimum Gasteiger partial charge on any atom is -0.493 e. The van der Waals surface area contributed by atoms with Gasteiger partial charge in [0.1, 0.15) is 5.75 Å². The molecule has 1 amide bonds. The van der Waals surface area contributed by atoms with Crippen molar-refractivity contribution in [3.8, 4) is 5.75 Å². The van der Waals surface area contributed by atoms with Gasteiger partial charge in [0.05, 0.1) is 6.61 Å². The number of carbonyl (C=O) groups excluding carboxylic acids is 1. The summed E-state index contributed by atoms with van der Waals surface area (Å²) >= 11 is 6.12. The Hall–Kier alpha value is -1.26. The number of fused-ring (bicyclic) bond motifs is 1. The van der Waals surface area contributed by atoms with Crippen LogP contribution in [0.15, 0.2) is 12.1 Å². The SMILES string of the molecule is CC(C)CNC(=O)CCNCc1cc(Cl)cc2c1OCC2. The van der Waals surface area contributed by atoms with Crippen LogP contribution >= 0.6 is 11.6 Å². The Labute approximate surface area is 131 Å². The van der Waals surface area contributed by atoms with Crippen molar-refractivity contribution in [2.45, 2.75) is 33.2 Å². The van der Waals surface area contributed by atoms with E-state index < -0.39 is 0 Å². The van der Waals surface area contributed by atoms with E-state index in [1.807, 2.05) is 12.1 Å². The minimum absolute atomic E-state index is 0.0868. The number of carbonyl (C=O) groups is 1. The van der Waals surface area contributed by atoms with Gasteiger partial charge in [0, 0.05) is 43.1 Å². The molecule has 0 radical (unpaired) electrons. The van der Waals surface area contributed by atoms with Crippen LogP contribution in [0.1, 0.15) is 31.4 Å². The van der Waals surface area contributed by atoms with Crippen molar-refractivity contribution in [3.63, 3.8) is 0 Å². The first-order chi connectivity index (χ1) is 10.1. The van der Waals surface area contributed by atoms with Gasteiger partial charge in [-0.15, -0.1) is 0 Å². The smallest absolute Gasteiger partial charge is 0.221 e. The molecule has 0 fully saturated rings. The van der Waals surface area contributed by atoms with Gasteiger partial charge in [-0.2, -0.15) is 0 Å². The zero-order valence-corrected chi connectivity index (χ0v) is 13.4. The second-order valence-electron chi connectivity index (χ2n) is 5.78. The van der Waals surface area contributed by atoms with Crippen LogP contribution in [0.4, 0.5) is 0 Å². The maximum absolute atomic E-state index is 11.6. The molecule has 0 saturated carbocycles. The second kappa shape index (κ2) is 7.66. The van der Waals surface area contributed by atoms with Gasteiger partial charge in [-0.25, -0.2) is 0 Å². The number of hydrogen-bond acceptors (Lipinski definition) is 3. The van der Waals surface area contributed by atoms with Crippen molar-refractivity contribution in [3.05, 3.63) is 28.3 Å². The second-order valence-corrected chi connectivity index (χ2v) is 6.21. The van der Waals surface area contributed by atoms with Crippen molar-refractivity contribution in [2.24, 2.45) is 5.92 Å². The van der Waals surface area contributed by atoms with E-state index in [0.29, 0.717) is 25.4 Å². The van der Waals surface area contributed by atoms with Crippen molar-refractivity contribution in [2.75, 3.05) is 19.7 Å². The van der Waals surface area contributed by atoms with Crippen molar-refractivity contribution >= 4 is 17.5 Å². The molecule has 1 aromatic carbocycles. The van der Waals surface area contributed by atoms with Crippen LogP contribution in [0.2, 0.25) is 5.02 Å². The van der Waals surface area contributed by atoms with Crippen LogP contribution in [0.3, 0.4) is 0 Å². The fraction of sp³-hybridized carbons (Fsp3) is 0.562. The van der Waals surface area contributed by atoms with Crippen molar-refractivity contribution < 1.29 is 9.53 Å². The molecule has 0 aromatic heterocycles. The number of amides is 1. The molecule has 2 rings (SSSR count). The van der Waals surface area contributed by atoms with Gasteiger partial charge in [-0.05, 0) is 23.6 Å². The Morgan fingerprint density at radius 1 is 1.43 bits per heavy atom. The lowest BCUT2D eigenvalue weighted by molar-refractivity contribution is -0.121. The van der Waals surface area contributed by atoms with E-state index in [-0.39, 0.29) is 5.91 Å². The van der Waals surface area contributed by atoms with Gasteiger partial charge in [-0.1, -0.05) is 25.4 Å². The fourth-order valence-electron chi connectivity index (χ4n) is 2.31. The third kappa shape index (κ3) is 4.90. The lowest BCUT2D eigenvalue weighted by Crippen LogP contribution is -2.30. The summed E-state index contributed by atoms with van der Waals surface area (Å²) in [7, 11) is 0. The first-order valence-electron chi connectivity index (χ1n) is 7.47. The molecule has 1 aliphatic heterocycles. The molecule has 1 aliphatic rings. The molecule has 1 aromatic rings. The van der Waals surface area contributed by atoms with Gasteiger partial charge < -0.3 is 15.4 Å². The summed E-state index contributed by atoms with van der Waals surface area (Å²) in [6.45, 7) is 6.93. The molecule has 4 nitrogen and oxygen atoms in total. The average Bonchev–Trinajstić information content (AvgIpc) is 2.89. The maximum Gasteiger partial charge on any atom is 0.221 e. The van der Waals surface area contributed by atoms with E-state index >= 15 is 0 Å². The summed E-state index contributed by atoms with van der Waals surface area (Å²) in [5.74, 6) is 1.52. The van der Waals surface area contributed by atoms with Gasteiger partial charge in [0.2, 0.25) is 5.91 Å². The number of hydrogen-bond donors (Lipinski definition) is 2. The van der Waals surface area contributed by atoms with Crippen LogP contribution in [0.25, 0.3) is 0 Å². The summed E-state index contributed by atoms with van der Waals surface area (Å²) in [6.07, 6.45) is 1.40. The average molecular weight is 311 g/mol. The first-order valence-corrected chi connectivity index (χ1v) is 7.85. The summed E-state index contributed by atoms with van der Waals surface area (Å²) < 4.78 is 5.65. The predicted octanol–water partition coefficient (Wildman–Crippen LogP) is 2.53. The van der Waals surface area contributed by atoms with E-state index in [4.69, 9.17) is 16.3 Å². The first kappa shape index (κ1) is 16.1. The predicted molar refractivity (Wildman–Crippen MR) is 84.8 cm³/mol. The lowest BCUT2D eigenvalue weighted by Gasteiger charge is -2.11. The quantitative estimate of drug-likeness (QED) is 0.761. The molecule has 0 bridgehead atoms. The van der Waals surface area contributed by atoms with Crippen molar-refractivity contribution in [1.29, 1.82) is 0 Å². The molecule has 0 spiro atoms. The summed E-state index contributed by atoms with van der Waals surface area (Å²) in [6, 6.07) is 3.89. The normalized spacial score (nSPS) is 13.1. The van der Waals surface area contributed by atoms with E-state index in [0.717, 1.165) is 35.9 Å². The lowest BCUT2D eigenvalue weighted by atomic mass is 10.1. The van der Waals surface area contributed by atoms with Gasteiger partial charge in [0.25, 0.3) is 0 Å². The fourth-order valence-corrected chi connectivity index (χ4v) is 2.57. The number of benzene rings is 1. The minimum atomic E-state index is 0.0868. The summed E-state index contributed by atoms with van der Waals surface area (Å²) in [5.41, 5.74) is 2.24. The highest BCUT2D eigenvalue weighted by atomic mass is 35.5. The van der Waals surface area contributed by atoms with Crippen LogP contribution in [0.5, 0.6) is 5.75 Å². The highest BCUT2D eigenvalue weighted by molar-refractivity contribution is 6.30. The van der Waals surface area contributed by atoms with Crippen LogP contribution in [-0.4, -0.2) is 25.6 Å². The van der Waals surface area contributed by atoms with E-state index in [9.17, 15) is 4.79 Å². The molecule has 0 atom stereocenters. The number of ether oxygens (including phenoxy) is 1. The monoisotopic (exact) mass is 310 g/mol. The molecule has 5 heteroatoms. The van der Waals surface area contributed by atoms with Crippen LogP contribution < -0.4 is 15.4 Å². The van der Waals surface area contributed by atoms with Crippen LogP contribution in [-0.2, 0) is 17.8 Å². The molecule has 21 heavy (non-hydrogen) atoms. The Morgan fingerprint density at radius 3 is 3.00 bits per heavy atom. The molecule has 0 unspecified atom stereocenters. The van der Waals surface area contributed by atoms with Gasteiger partial charge in [0.15, 0.2) is 0 Å². The van der Waals surface area contributed by atoms with E-state index in [1.54, 1.807) is 0 Å². The van der Waals surface area contributed by atoms with Crippen molar-refractivity contribution in [1.82, 2.24) is 10.6 Å². The molecule has 0 aliphatic carbocycles. The third-order valence-electron chi connectivity index (χ3n) is 3.38. The maximum atomic E-state index is 11.6. The molecule has 2 N–H and O–H groups in total. The van der Waals surface area contributed by atoms with Gasteiger partial charge >= 0.3 is 0 Å². The Balaban J connectivity index is 1.76. The third-order valence-corrected chi connectivity index (χ3v) is 3.60. The van der Waals surface area contributed by atoms with Gasteiger partial charge in [-0.3, -0.25) is 4.79 Å². The standard InChI is InChI=1S/C16H23ClN2O2/c1-11(2)9-19-15(20)3-5-18-10-13-8-14(17)7-12-4-6-21-16(12)13/h7-8,11,18H,3-6,9-10H2,1-2H3,(H,19,20). The zero-order valence-electron chi connectivity index (χ0n) is 12.7. The molecule has 116 valence electrons.